The second-order valence-electron chi connectivity index (χ2n) is 6.20. The molecule has 0 atom stereocenters. The van der Waals surface area contributed by atoms with Gasteiger partial charge in [-0.15, -0.1) is 0 Å². The molecule has 0 fully saturated rings. The monoisotopic (exact) mass is 408 g/mol. The molecule has 7 nitrogen and oxygen atoms in total. The van der Waals surface area contributed by atoms with Crippen molar-refractivity contribution in [3.8, 4) is 0 Å². The molecule has 0 aliphatic heterocycles. The number of nitro groups is 1. The van der Waals surface area contributed by atoms with Crippen molar-refractivity contribution in [3.05, 3.63) is 98.6 Å². The molecule has 3 aromatic carbocycles. The summed E-state index contributed by atoms with van der Waals surface area (Å²) in [7, 11) is 0. The van der Waals surface area contributed by atoms with E-state index in [1.165, 1.54) is 12.3 Å². The van der Waals surface area contributed by atoms with E-state index in [2.05, 4.69) is 15.8 Å². The maximum absolute atomic E-state index is 12.6. The van der Waals surface area contributed by atoms with E-state index in [1.807, 2.05) is 31.2 Å². The molecule has 146 valence electrons. The number of hydrogen-bond donors (Lipinski definition) is 2. The number of anilines is 2. The lowest BCUT2D eigenvalue weighted by atomic mass is 10.1. The van der Waals surface area contributed by atoms with Gasteiger partial charge in [0.05, 0.1) is 28.0 Å². The standard InChI is InChI=1S/C21H17ClN4O3/c1-14-6-9-17(10-7-14)24-19-12-16(22)8-11-18(19)21(27)25-23-13-15-4-2-3-5-20(15)26(28)29/h2-13,24H,1H3,(H,25,27)/b23-13+. The predicted molar refractivity (Wildman–Crippen MR) is 114 cm³/mol. The number of benzene rings is 3. The molecule has 3 rings (SSSR count). The number of carbonyl (C=O) groups is 1. The first-order valence-corrected chi connectivity index (χ1v) is 9.02. The lowest BCUT2D eigenvalue weighted by Crippen LogP contribution is -2.19. The minimum Gasteiger partial charge on any atom is -0.355 e. The van der Waals surface area contributed by atoms with Gasteiger partial charge in [0.1, 0.15) is 0 Å². The van der Waals surface area contributed by atoms with Gasteiger partial charge in [0.15, 0.2) is 0 Å². The maximum Gasteiger partial charge on any atom is 0.278 e. The Balaban J connectivity index is 1.79. The van der Waals surface area contributed by atoms with Gasteiger partial charge in [0.2, 0.25) is 0 Å². The maximum atomic E-state index is 12.6. The minimum absolute atomic E-state index is 0.0984. The summed E-state index contributed by atoms with van der Waals surface area (Å²) < 4.78 is 0. The first kappa shape index (κ1) is 20.0. The van der Waals surface area contributed by atoms with Crippen LogP contribution in [0.25, 0.3) is 0 Å². The van der Waals surface area contributed by atoms with Crippen molar-refractivity contribution in [2.75, 3.05) is 5.32 Å². The van der Waals surface area contributed by atoms with Crippen molar-refractivity contribution in [3.63, 3.8) is 0 Å². The number of rotatable bonds is 6. The van der Waals surface area contributed by atoms with Gasteiger partial charge in [-0.25, -0.2) is 5.43 Å². The van der Waals surface area contributed by atoms with E-state index >= 15 is 0 Å². The van der Waals surface area contributed by atoms with Gasteiger partial charge < -0.3 is 5.32 Å². The molecule has 29 heavy (non-hydrogen) atoms. The molecule has 0 aliphatic carbocycles. The Morgan fingerprint density at radius 1 is 1.10 bits per heavy atom. The SMILES string of the molecule is Cc1ccc(Nc2cc(Cl)ccc2C(=O)N/N=C/c2ccccc2[N+](=O)[O-])cc1. The highest BCUT2D eigenvalue weighted by molar-refractivity contribution is 6.31. The predicted octanol–water partition coefficient (Wildman–Crippen LogP) is 5.06. The molecule has 0 saturated heterocycles. The summed E-state index contributed by atoms with van der Waals surface area (Å²) in [5, 5.41) is 18.5. The molecule has 3 aromatic rings. The van der Waals surface area contributed by atoms with Crippen LogP contribution in [0, 0.1) is 17.0 Å². The normalized spacial score (nSPS) is 10.7. The zero-order valence-corrected chi connectivity index (χ0v) is 16.2. The van der Waals surface area contributed by atoms with E-state index in [9.17, 15) is 14.9 Å². The second kappa shape index (κ2) is 8.99. The highest BCUT2D eigenvalue weighted by atomic mass is 35.5. The molecule has 8 heteroatoms. The van der Waals surface area contributed by atoms with Crippen LogP contribution in [-0.2, 0) is 0 Å². The Hall–Kier alpha value is -3.71. The zero-order chi connectivity index (χ0) is 20.8. The number of hydrogen-bond acceptors (Lipinski definition) is 5. The van der Waals surface area contributed by atoms with Gasteiger partial charge >= 0.3 is 0 Å². The largest absolute Gasteiger partial charge is 0.355 e. The summed E-state index contributed by atoms with van der Waals surface area (Å²) in [5.74, 6) is -0.480. The van der Waals surface area contributed by atoms with Crippen LogP contribution in [0.15, 0.2) is 71.8 Å². The lowest BCUT2D eigenvalue weighted by molar-refractivity contribution is -0.385. The Labute approximate surface area is 172 Å². The van der Waals surface area contributed by atoms with E-state index in [0.29, 0.717) is 16.3 Å². The summed E-state index contributed by atoms with van der Waals surface area (Å²) in [6, 6.07) is 18.6. The third-order valence-corrected chi connectivity index (χ3v) is 4.30. The van der Waals surface area contributed by atoms with E-state index in [0.717, 1.165) is 11.3 Å². The van der Waals surface area contributed by atoms with Crippen LogP contribution in [0.5, 0.6) is 0 Å². The smallest absolute Gasteiger partial charge is 0.278 e. The number of aryl methyl sites for hydroxylation is 1. The van der Waals surface area contributed by atoms with Crippen LogP contribution in [-0.4, -0.2) is 17.0 Å². The zero-order valence-electron chi connectivity index (χ0n) is 15.4. The fraction of sp³-hybridized carbons (Fsp3) is 0.0476. The third-order valence-electron chi connectivity index (χ3n) is 4.06. The molecular weight excluding hydrogens is 392 g/mol. The number of nitrogens with one attached hydrogen (secondary N) is 2. The van der Waals surface area contributed by atoms with Crippen LogP contribution in [0.1, 0.15) is 21.5 Å². The lowest BCUT2D eigenvalue weighted by Gasteiger charge is -2.12. The molecule has 0 saturated carbocycles. The summed E-state index contributed by atoms with van der Waals surface area (Å²) in [4.78, 5) is 23.1. The third kappa shape index (κ3) is 5.18. The van der Waals surface area contributed by atoms with Crippen LogP contribution < -0.4 is 10.7 Å². The Kier molecular flexibility index (Phi) is 6.21. The number of amides is 1. The van der Waals surface area contributed by atoms with Crippen molar-refractivity contribution in [1.29, 1.82) is 0 Å². The molecule has 0 aliphatic rings. The van der Waals surface area contributed by atoms with Gasteiger partial charge in [-0.05, 0) is 43.3 Å². The second-order valence-corrected chi connectivity index (χ2v) is 6.63. The van der Waals surface area contributed by atoms with Crippen molar-refractivity contribution in [1.82, 2.24) is 5.43 Å². The van der Waals surface area contributed by atoms with Crippen LogP contribution in [0.3, 0.4) is 0 Å². The van der Waals surface area contributed by atoms with Crippen LogP contribution >= 0.6 is 11.6 Å². The van der Waals surface area contributed by atoms with Crippen molar-refractivity contribution < 1.29 is 9.72 Å². The Bertz CT molecular complexity index is 1080. The first-order valence-electron chi connectivity index (χ1n) is 8.64. The summed E-state index contributed by atoms with van der Waals surface area (Å²) in [6.45, 7) is 1.98. The Morgan fingerprint density at radius 3 is 2.55 bits per heavy atom. The molecule has 0 heterocycles. The number of hydrazone groups is 1. The van der Waals surface area contributed by atoms with Crippen molar-refractivity contribution in [2.24, 2.45) is 5.10 Å². The first-order chi connectivity index (χ1) is 13.9. The minimum atomic E-state index is -0.508. The van der Waals surface area contributed by atoms with Gasteiger partial charge in [-0.3, -0.25) is 14.9 Å². The quantitative estimate of drug-likeness (QED) is 0.338. The molecule has 2 N–H and O–H groups in total. The van der Waals surface area contributed by atoms with E-state index in [-0.39, 0.29) is 11.3 Å². The number of halogens is 1. The fourth-order valence-corrected chi connectivity index (χ4v) is 2.77. The number of para-hydroxylation sites is 1. The van der Waals surface area contributed by atoms with E-state index < -0.39 is 10.8 Å². The van der Waals surface area contributed by atoms with Gasteiger partial charge in [0, 0.05) is 16.8 Å². The van der Waals surface area contributed by atoms with E-state index in [1.54, 1.807) is 36.4 Å². The number of carbonyl (C=O) groups excluding carboxylic acids is 1. The Morgan fingerprint density at radius 2 is 1.83 bits per heavy atom. The fourth-order valence-electron chi connectivity index (χ4n) is 2.59. The molecule has 1 amide bonds. The molecule has 0 bridgehead atoms. The average Bonchev–Trinajstić information content (AvgIpc) is 2.70. The summed E-state index contributed by atoms with van der Waals surface area (Å²) in [6.07, 6.45) is 1.24. The molecule has 0 unspecified atom stereocenters. The highest BCUT2D eigenvalue weighted by Crippen LogP contribution is 2.25. The van der Waals surface area contributed by atoms with E-state index in [4.69, 9.17) is 11.6 Å². The highest BCUT2D eigenvalue weighted by Gasteiger charge is 2.13. The topological polar surface area (TPSA) is 96.6 Å². The van der Waals surface area contributed by atoms with Gasteiger partial charge in [0.25, 0.3) is 11.6 Å². The molecule has 0 radical (unpaired) electrons. The summed E-state index contributed by atoms with van der Waals surface area (Å²) >= 11 is 6.08. The molecular formula is C21H17ClN4O3. The van der Waals surface area contributed by atoms with Crippen molar-refractivity contribution in [2.45, 2.75) is 6.92 Å². The number of nitro benzene ring substituents is 1. The summed E-state index contributed by atoms with van der Waals surface area (Å²) in [5.41, 5.74) is 5.34. The molecule has 0 spiro atoms. The van der Waals surface area contributed by atoms with Gasteiger partial charge in [-0.2, -0.15) is 5.10 Å². The average molecular weight is 409 g/mol. The van der Waals surface area contributed by atoms with Gasteiger partial charge in [-0.1, -0.05) is 41.4 Å². The van der Waals surface area contributed by atoms with Crippen LogP contribution in [0.2, 0.25) is 5.02 Å². The molecule has 0 aromatic heterocycles. The number of nitrogens with zero attached hydrogens (tertiary/aromatic N) is 2. The van der Waals surface area contributed by atoms with Crippen molar-refractivity contribution >= 4 is 40.8 Å². The van der Waals surface area contributed by atoms with Crippen LogP contribution in [0.4, 0.5) is 17.1 Å².